The standard InChI is InChI=1S/C26H28Cl2N2O4S2/c1-3-34-21-11-9-20(10-12-21)30(36(32,33)22-13-7-19(2)8-14-22)17-26(31)29-15-16-35-18-23-24(27)5-4-6-25(23)28/h4-14H,3,15-18H2,1-2H3,(H,29,31). The van der Waals surface area contributed by atoms with Crippen molar-refractivity contribution in [3.05, 3.63) is 87.9 Å². The molecule has 0 bridgehead atoms. The van der Waals surface area contributed by atoms with Crippen molar-refractivity contribution in [2.45, 2.75) is 24.5 Å². The fraction of sp³-hybridized carbons (Fsp3) is 0.269. The number of halogens is 2. The highest BCUT2D eigenvalue weighted by Gasteiger charge is 2.27. The summed E-state index contributed by atoms with van der Waals surface area (Å²) in [4.78, 5) is 12.9. The summed E-state index contributed by atoms with van der Waals surface area (Å²) < 4.78 is 33.5. The van der Waals surface area contributed by atoms with Crippen molar-refractivity contribution in [1.82, 2.24) is 5.32 Å². The first-order valence-electron chi connectivity index (χ1n) is 11.3. The van der Waals surface area contributed by atoms with Gasteiger partial charge in [0.1, 0.15) is 12.3 Å². The molecule has 0 atom stereocenters. The number of aryl methyl sites for hydroxylation is 1. The molecule has 3 aromatic rings. The number of nitrogens with zero attached hydrogens (tertiary/aromatic N) is 1. The number of carbonyl (C=O) groups is 1. The first-order chi connectivity index (χ1) is 17.2. The molecular formula is C26H28Cl2N2O4S2. The second kappa shape index (κ2) is 13.2. The molecule has 0 saturated carbocycles. The van der Waals surface area contributed by atoms with Gasteiger partial charge >= 0.3 is 0 Å². The van der Waals surface area contributed by atoms with Gasteiger partial charge < -0.3 is 10.1 Å². The van der Waals surface area contributed by atoms with Crippen LogP contribution in [0.15, 0.2) is 71.6 Å². The molecule has 6 nitrogen and oxygen atoms in total. The summed E-state index contributed by atoms with van der Waals surface area (Å²) in [6, 6.07) is 18.5. The number of nitrogens with one attached hydrogen (secondary N) is 1. The molecule has 0 heterocycles. The molecule has 0 unspecified atom stereocenters. The van der Waals surface area contributed by atoms with Crippen LogP contribution in [0.25, 0.3) is 0 Å². The molecule has 3 aromatic carbocycles. The van der Waals surface area contributed by atoms with E-state index in [2.05, 4.69) is 5.32 Å². The Hall–Kier alpha value is -2.39. The molecule has 0 aliphatic rings. The highest BCUT2D eigenvalue weighted by molar-refractivity contribution is 7.98. The van der Waals surface area contributed by atoms with Crippen molar-refractivity contribution in [1.29, 1.82) is 0 Å². The lowest BCUT2D eigenvalue weighted by Gasteiger charge is -2.24. The van der Waals surface area contributed by atoms with Crippen LogP contribution in [0.4, 0.5) is 5.69 Å². The minimum absolute atomic E-state index is 0.113. The van der Waals surface area contributed by atoms with E-state index in [0.717, 1.165) is 15.4 Å². The van der Waals surface area contributed by atoms with E-state index in [4.69, 9.17) is 27.9 Å². The average molecular weight is 568 g/mol. The van der Waals surface area contributed by atoms with Crippen LogP contribution in [0.3, 0.4) is 0 Å². The number of thioether (sulfide) groups is 1. The van der Waals surface area contributed by atoms with Gasteiger partial charge in [-0.1, -0.05) is 47.0 Å². The Morgan fingerprint density at radius 2 is 1.64 bits per heavy atom. The number of rotatable bonds is 12. The molecule has 1 N–H and O–H groups in total. The molecule has 0 aliphatic heterocycles. The van der Waals surface area contributed by atoms with Crippen LogP contribution in [-0.2, 0) is 20.6 Å². The Labute approximate surface area is 227 Å². The highest BCUT2D eigenvalue weighted by Crippen LogP contribution is 2.28. The number of sulfonamides is 1. The van der Waals surface area contributed by atoms with Gasteiger partial charge in [-0.2, -0.15) is 11.8 Å². The summed E-state index contributed by atoms with van der Waals surface area (Å²) >= 11 is 14.0. The quantitative estimate of drug-likeness (QED) is 0.274. The lowest BCUT2D eigenvalue weighted by molar-refractivity contribution is -0.119. The van der Waals surface area contributed by atoms with E-state index < -0.39 is 15.9 Å². The van der Waals surface area contributed by atoms with Crippen molar-refractivity contribution in [2.24, 2.45) is 0 Å². The summed E-state index contributed by atoms with van der Waals surface area (Å²) in [5.74, 6) is 1.43. The van der Waals surface area contributed by atoms with Crippen molar-refractivity contribution in [3.63, 3.8) is 0 Å². The van der Waals surface area contributed by atoms with Crippen molar-refractivity contribution >= 4 is 56.6 Å². The van der Waals surface area contributed by atoms with Crippen LogP contribution in [0.5, 0.6) is 5.75 Å². The molecule has 0 saturated heterocycles. The van der Waals surface area contributed by atoms with Crippen LogP contribution in [0, 0.1) is 6.92 Å². The fourth-order valence-electron chi connectivity index (χ4n) is 3.32. The average Bonchev–Trinajstić information content (AvgIpc) is 2.85. The number of hydrogen-bond donors (Lipinski definition) is 1. The van der Waals surface area contributed by atoms with E-state index in [0.29, 0.717) is 46.1 Å². The molecule has 0 radical (unpaired) electrons. The summed E-state index contributed by atoms with van der Waals surface area (Å²) in [7, 11) is -3.97. The Kier molecular flexibility index (Phi) is 10.4. The lowest BCUT2D eigenvalue weighted by Crippen LogP contribution is -2.41. The number of benzene rings is 3. The zero-order chi connectivity index (χ0) is 26.1. The van der Waals surface area contributed by atoms with Gasteiger partial charge in [-0.15, -0.1) is 0 Å². The van der Waals surface area contributed by atoms with Crippen LogP contribution < -0.4 is 14.4 Å². The van der Waals surface area contributed by atoms with E-state index in [1.165, 1.54) is 0 Å². The molecule has 0 spiro atoms. The monoisotopic (exact) mass is 566 g/mol. The second-order valence-corrected chi connectivity index (χ2v) is 11.6. The second-order valence-electron chi connectivity index (χ2n) is 7.85. The lowest BCUT2D eigenvalue weighted by atomic mass is 10.2. The molecule has 36 heavy (non-hydrogen) atoms. The van der Waals surface area contributed by atoms with Crippen molar-refractivity contribution < 1.29 is 17.9 Å². The number of carbonyl (C=O) groups excluding carboxylic acids is 1. The van der Waals surface area contributed by atoms with Crippen LogP contribution in [0.1, 0.15) is 18.1 Å². The maximum Gasteiger partial charge on any atom is 0.264 e. The molecule has 0 aromatic heterocycles. The van der Waals surface area contributed by atoms with Gasteiger partial charge in [-0.3, -0.25) is 9.10 Å². The maximum atomic E-state index is 13.5. The molecule has 0 fully saturated rings. The van der Waals surface area contributed by atoms with E-state index in [-0.39, 0.29) is 11.4 Å². The number of anilines is 1. The van der Waals surface area contributed by atoms with E-state index in [1.54, 1.807) is 78.5 Å². The third kappa shape index (κ3) is 7.56. The van der Waals surface area contributed by atoms with E-state index in [9.17, 15) is 13.2 Å². The number of ether oxygens (including phenoxy) is 1. The smallest absolute Gasteiger partial charge is 0.264 e. The molecule has 10 heteroatoms. The highest BCUT2D eigenvalue weighted by atomic mass is 35.5. The SMILES string of the molecule is CCOc1ccc(N(CC(=O)NCCSCc2c(Cl)cccc2Cl)S(=O)(=O)c2ccc(C)cc2)cc1. The van der Waals surface area contributed by atoms with E-state index in [1.807, 2.05) is 13.8 Å². The zero-order valence-corrected chi connectivity index (χ0v) is 23.2. The van der Waals surface area contributed by atoms with Gasteiger partial charge in [0.2, 0.25) is 5.91 Å². The van der Waals surface area contributed by atoms with Gasteiger partial charge in [0.15, 0.2) is 0 Å². The third-order valence-electron chi connectivity index (χ3n) is 5.21. The molecule has 1 amide bonds. The van der Waals surface area contributed by atoms with Gasteiger partial charge in [0.05, 0.1) is 17.2 Å². The molecule has 0 aliphatic carbocycles. The predicted octanol–water partition coefficient (Wildman–Crippen LogP) is 5.95. The Morgan fingerprint density at radius 1 is 1.00 bits per heavy atom. The maximum absolute atomic E-state index is 13.5. The van der Waals surface area contributed by atoms with Gasteiger partial charge in [-0.25, -0.2) is 8.42 Å². The zero-order valence-electron chi connectivity index (χ0n) is 20.0. The Morgan fingerprint density at radius 3 is 2.25 bits per heavy atom. The summed E-state index contributed by atoms with van der Waals surface area (Å²) in [6.07, 6.45) is 0. The van der Waals surface area contributed by atoms with Gasteiger partial charge in [-0.05, 0) is 67.9 Å². The summed E-state index contributed by atoms with van der Waals surface area (Å²) in [6.45, 7) is 4.26. The molecule has 3 rings (SSSR count). The normalized spacial score (nSPS) is 11.2. The molecular weight excluding hydrogens is 539 g/mol. The predicted molar refractivity (Wildman–Crippen MR) is 149 cm³/mol. The van der Waals surface area contributed by atoms with Crippen molar-refractivity contribution in [3.8, 4) is 5.75 Å². The molecule has 192 valence electrons. The topological polar surface area (TPSA) is 75.7 Å². The number of amides is 1. The number of hydrogen-bond acceptors (Lipinski definition) is 5. The summed E-state index contributed by atoms with van der Waals surface area (Å²) in [5.41, 5.74) is 2.16. The van der Waals surface area contributed by atoms with Crippen LogP contribution in [0.2, 0.25) is 10.0 Å². The largest absolute Gasteiger partial charge is 0.494 e. The Bertz CT molecular complexity index is 1250. The Balaban J connectivity index is 1.67. The summed E-state index contributed by atoms with van der Waals surface area (Å²) in [5, 5.41) is 4.01. The third-order valence-corrected chi connectivity index (χ3v) is 8.69. The first-order valence-corrected chi connectivity index (χ1v) is 14.7. The van der Waals surface area contributed by atoms with Gasteiger partial charge in [0, 0.05) is 28.1 Å². The van der Waals surface area contributed by atoms with Crippen LogP contribution >= 0.6 is 35.0 Å². The van der Waals surface area contributed by atoms with E-state index >= 15 is 0 Å². The first kappa shape index (κ1) is 28.2. The van der Waals surface area contributed by atoms with Crippen LogP contribution in [-0.4, -0.2) is 39.8 Å². The fourth-order valence-corrected chi connectivity index (χ4v) is 6.34. The van der Waals surface area contributed by atoms with Gasteiger partial charge in [0.25, 0.3) is 10.0 Å². The van der Waals surface area contributed by atoms with Crippen molar-refractivity contribution in [2.75, 3.05) is 29.8 Å². The minimum Gasteiger partial charge on any atom is -0.494 e. The minimum atomic E-state index is -3.97.